The lowest BCUT2D eigenvalue weighted by atomic mass is 10.2. The molecule has 0 fully saturated rings. The Hall–Kier alpha value is -3.75. The molecule has 0 aliphatic heterocycles. The lowest BCUT2D eigenvalue weighted by molar-refractivity contribution is -0.125. The van der Waals surface area contributed by atoms with Crippen molar-refractivity contribution in [3.05, 3.63) is 53.6 Å². The number of amides is 2. The van der Waals surface area contributed by atoms with Gasteiger partial charge in [-0.05, 0) is 30.3 Å². The summed E-state index contributed by atoms with van der Waals surface area (Å²) in [6, 6.07) is 10.2. The molecule has 2 rings (SSSR count). The number of nitrogens with one attached hydrogen (secondary N) is 2. The van der Waals surface area contributed by atoms with Crippen LogP contribution in [-0.2, 0) is 9.53 Å². The second kappa shape index (κ2) is 9.09. The van der Waals surface area contributed by atoms with Crippen LogP contribution in [0.4, 0.5) is 0 Å². The van der Waals surface area contributed by atoms with Gasteiger partial charge in [0, 0.05) is 5.56 Å². The van der Waals surface area contributed by atoms with Gasteiger partial charge in [0.15, 0.2) is 18.1 Å². The Morgan fingerprint density at radius 1 is 0.963 bits per heavy atom. The molecule has 0 radical (unpaired) electrons. The molecular weight excluding hydrogens is 356 g/mol. The average molecular weight is 374 g/mol. The molecule has 2 aromatic carbocycles. The molecule has 9 nitrogen and oxygen atoms in total. The lowest BCUT2D eigenvalue weighted by Crippen LogP contribution is -2.43. The van der Waals surface area contributed by atoms with Crippen LogP contribution >= 0.6 is 0 Å². The van der Waals surface area contributed by atoms with Crippen molar-refractivity contribution in [2.45, 2.75) is 0 Å². The second-order valence-electron chi connectivity index (χ2n) is 5.17. The first-order chi connectivity index (χ1) is 13.0. The molecule has 0 saturated heterocycles. The van der Waals surface area contributed by atoms with Crippen LogP contribution in [0, 0.1) is 0 Å². The fourth-order valence-electron chi connectivity index (χ4n) is 2.07. The number of esters is 1. The van der Waals surface area contributed by atoms with Crippen LogP contribution in [0.5, 0.6) is 17.2 Å². The number of aromatic hydroxyl groups is 1. The monoisotopic (exact) mass is 374 g/mol. The van der Waals surface area contributed by atoms with Crippen molar-refractivity contribution in [2.75, 3.05) is 20.8 Å². The van der Waals surface area contributed by atoms with Gasteiger partial charge >= 0.3 is 5.97 Å². The zero-order valence-electron chi connectivity index (χ0n) is 14.6. The summed E-state index contributed by atoms with van der Waals surface area (Å²) in [5, 5.41) is 9.55. The largest absolute Gasteiger partial charge is 0.507 e. The number of benzene rings is 2. The van der Waals surface area contributed by atoms with Crippen molar-refractivity contribution in [1.29, 1.82) is 0 Å². The zero-order valence-corrected chi connectivity index (χ0v) is 14.6. The summed E-state index contributed by atoms with van der Waals surface area (Å²) in [4.78, 5) is 35.6. The molecule has 2 aromatic rings. The SMILES string of the molecule is COc1ccc(C(=O)NNC(=O)COC(=O)c2ccccc2O)cc1OC. The summed E-state index contributed by atoms with van der Waals surface area (Å²) in [6.07, 6.45) is 0. The number of hydrogen-bond donors (Lipinski definition) is 3. The number of ether oxygens (including phenoxy) is 3. The Bertz CT molecular complexity index is 851. The first-order valence-corrected chi connectivity index (χ1v) is 7.72. The van der Waals surface area contributed by atoms with E-state index in [2.05, 4.69) is 10.9 Å². The van der Waals surface area contributed by atoms with Crippen LogP contribution < -0.4 is 20.3 Å². The van der Waals surface area contributed by atoms with Gasteiger partial charge in [-0.25, -0.2) is 4.79 Å². The minimum Gasteiger partial charge on any atom is -0.507 e. The maximum absolute atomic E-state index is 12.1. The normalized spacial score (nSPS) is 9.85. The Kier molecular flexibility index (Phi) is 6.59. The fraction of sp³-hybridized carbons (Fsp3) is 0.167. The van der Waals surface area contributed by atoms with Crippen molar-refractivity contribution < 1.29 is 33.7 Å². The minimum absolute atomic E-state index is 0.0698. The summed E-state index contributed by atoms with van der Waals surface area (Å²) in [5.74, 6) is -1.68. The van der Waals surface area contributed by atoms with Gasteiger partial charge in [0.1, 0.15) is 11.3 Å². The van der Waals surface area contributed by atoms with Gasteiger partial charge in [-0.3, -0.25) is 20.4 Å². The molecule has 0 spiro atoms. The number of para-hydroxylation sites is 1. The number of rotatable bonds is 6. The minimum atomic E-state index is -0.866. The highest BCUT2D eigenvalue weighted by Crippen LogP contribution is 2.27. The molecule has 0 heterocycles. The molecule has 0 atom stereocenters. The molecule has 0 unspecified atom stereocenters. The lowest BCUT2D eigenvalue weighted by Gasteiger charge is -2.11. The van der Waals surface area contributed by atoms with Crippen molar-refractivity contribution in [2.24, 2.45) is 0 Å². The highest BCUT2D eigenvalue weighted by Gasteiger charge is 2.15. The van der Waals surface area contributed by atoms with Crippen molar-refractivity contribution in [3.63, 3.8) is 0 Å². The molecule has 3 N–H and O–H groups in total. The topological polar surface area (TPSA) is 123 Å². The van der Waals surface area contributed by atoms with E-state index in [-0.39, 0.29) is 16.9 Å². The molecule has 0 aromatic heterocycles. The van der Waals surface area contributed by atoms with Gasteiger partial charge in [-0.2, -0.15) is 0 Å². The van der Waals surface area contributed by atoms with E-state index in [1.165, 1.54) is 38.5 Å². The van der Waals surface area contributed by atoms with Crippen molar-refractivity contribution in [1.82, 2.24) is 10.9 Å². The van der Waals surface area contributed by atoms with Gasteiger partial charge in [0.2, 0.25) is 0 Å². The number of carbonyl (C=O) groups is 3. The van der Waals surface area contributed by atoms with E-state index < -0.39 is 24.4 Å². The highest BCUT2D eigenvalue weighted by atomic mass is 16.5. The summed E-state index contributed by atoms with van der Waals surface area (Å²) >= 11 is 0. The van der Waals surface area contributed by atoms with E-state index in [1.807, 2.05) is 0 Å². The predicted molar refractivity (Wildman–Crippen MR) is 93.5 cm³/mol. The van der Waals surface area contributed by atoms with Crippen LogP contribution in [0.25, 0.3) is 0 Å². The first-order valence-electron chi connectivity index (χ1n) is 7.72. The van der Waals surface area contributed by atoms with Gasteiger partial charge < -0.3 is 19.3 Å². The smallest absolute Gasteiger partial charge is 0.342 e. The Labute approximate surface area is 154 Å². The van der Waals surface area contributed by atoms with Crippen LogP contribution in [-0.4, -0.2) is 43.7 Å². The quantitative estimate of drug-likeness (QED) is 0.510. The molecule has 2 amide bonds. The van der Waals surface area contributed by atoms with Crippen molar-refractivity contribution >= 4 is 17.8 Å². The summed E-state index contributed by atoms with van der Waals surface area (Å²) in [6.45, 7) is -0.640. The van der Waals surface area contributed by atoms with E-state index in [0.717, 1.165) is 0 Å². The van der Waals surface area contributed by atoms with Gasteiger partial charge in [-0.1, -0.05) is 12.1 Å². The average Bonchev–Trinajstić information content (AvgIpc) is 2.69. The molecule has 9 heteroatoms. The summed E-state index contributed by atoms with van der Waals surface area (Å²) in [7, 11) is 2.90. The Balaban J connectivity index is 1.85. The third kappa shape index (κ3) is 5.11. The Morgan fingerprint density at radius 3 is 2.33 bits per heavy atom. The first kappa shape index (κ1) is 19.6. The highest BCUT2D eigenvalue weighted by molar-refractivity contribution is 5.97. The van der Waals surface area contributed by atoms with E-state index in [4.69, 9.17) is 14.2 Å². The standard InChI is InChI=1S/C18H18N2O7/c1-25-14-8-7-11(9-15(14)26-2)17(23)20-19-16(22)10-27-18(24)12-5-3-4-6-13(12)21/h3-9,21H,10H2,1-2H3,(H,19,22)(H,20,23). The van der Waals surface area contributed by atoms with Gasteiger partial charge in [-0.15, -0.1) is 0 Å². The fourth-order valence-corrected chi connectivity index (χ4v) is 2.07. The molecular formula is C18H18N2O7. The van der Waals surface area contributed by atoms with E-state index in [1.54, 1.807) is 18.2 Å². The van der Waals surface area contributed by atoms with E-state index in [0.29, 0.717) is 11.5 Å². The van der Waals surface area contributed by atoms with Crippen molar-refractivity contribution in [3.8, 4) is 17.2 Å². The Morgan fingerprint density at radius 2 is 1.67 bits per heavy atom. The maximum Gasteiger partial charge on any atom is 0.342 e. The molecule has 142 valence electrons. The number of phenolic OH excluding ortho intramolecular Hbond substituents is 1. The molecule has 0 saturated carbocycles. The second-order valence-corrected chi connectivity index (χ2v) is 5.17. The molecule has 0 aliphatic rings. The van der Waals surface area contributed by atoms with Crippen LogP contribution in [0.3, 0.4) is 0 Å². The zero-order chi connectivity index (χ0) is 19.8. The molecule has 0 aliphatic carbocycles. The molecule has 27 heavy (non-hydrogen) atoms. The number of methoxy groups -OCH3 is 2. The summed E-state index contributed by atoms with van der Waals surface area (Å²) < 4.78 is 15.0. The number of phenols is 1. The maximum atomic E-state index is 12.1. The third-order valence-corrected chi connectivity index (χ3v) is 3.42. The number of hydrazine groups is 1. The predicted octanol–water partition coefficient (Wildman–Crippen LogP) is 1.03. The van der Waals surface area contributed by atoms with Crippen LogP contribution in [0.1, 0.15) is 20.7 Å². The number of carbonyl (C=O) groups excluding carboxylic acids is 3. The van der Waals surface area contributed by atoms with Gasteiger partial charge in [0.05, 0.1) is 14.2 Å². The van der Waals surface area contributed by atoms with E-state index in [9.17, 15) is 19.5 Å². The van der Waals surface area contributed by atoms with Crippen LogP contribution in [0.15, 0.2) is 42.5 Å². The third-order valence-electron chi connectivity index (χ3n) is 3.42. The van der Waals surface area contributed by atoms with Crippen LogP contribution in [0.2, 0.25) is 0 Å². The number of hydrogen-bond acceptors (Lipinski definition) is 7. The van der Waals surface area contributed by atoms with E-state index >= 15 is 0 Å². The van der Waals surface area contributed by atoms with Gasteiger partial charge in [0.25, 0.3) is 11.8 Å². The summed E-state index contributed by atoms with van der Waals surface area (Å²) in [5.41, 5.74) is 4.46. The molecule has 0 bridgehead atoms.